The van der Waals surface area contributed by atoms with Gasteiger partial charge in [0.15, 0.2) is 0 Å². The molecule has 0 heterocycles. The molecule has 1 fully saturated rings. The maximum Gasteiger partial charge on any atom is 0.0496 e. The number of rotatable bonds is 12. The number of anilines is 1. The van der Waals surface area contributed by atoms with Crippen LogP contribution in [0.2, 0.25) is 0 Å². The number of hydrogen-bond donors (Lipinski definition) is 0. The molecule has 10 atom stereocenters. The molecule has 0 spiro atoms. The van der Waals surface area contributed by atoms with E-state index in [9.17, 15) is 0 Å². The molecule has 10 aliphatic rings. The minimum absolute atomic E-state index is 0.0726. The minimum atomic E-state index is 0.0726. The van der Waals surface area contributed by atoms with Crippen molar-refractivity contribution in [2.75, 3.05) is 4.90 Å². The third-order valence-electron chi connectivity index (χ3n) is 21.6. The van der Waals surface area contributed by atoms with E-state index in [2.05, 4.69) is 212 Å². The van der Waals surface area contributed by atoms with Gasteiger partial charge in [-0.2, -0.15) is 0 Å². The maximum atomic E-state index is 3.11. The Bertz CT molecular complexity index is 2730. The van der Waals surface area contributed by atoms with Gasteiger partial charge in [-0.1, -0.05) is 172 Å². The van der Waals surface area contributed by atoms with Gasteiger partial charge in [0.1, 0.15) is 0 Å². The second-order valence-electron chi connectivity index (χ2n) is 30.1. The van der Waals surface area contributed by atoms with E-state index >= 15 is 0 Å². The zero-order chi connectivity index (χ0) is 55.4. The molecule has 0 amide bonds. The van der Waals surface area contributed by atoms with Crippen LogP contribution in [0.15, 0.2) is 138 Å². The molecular weight excluding hydrogens is 957 g/mol. The van der Waals surface area contributed by atoms with Gasteiger partial charge in [0.25, 0.3) is 0 Å². The van der Waals surface area contributed by atoms with Gasteiger partial charge in [0.2, 0.25) is 0 Å². The quantitative estimate of drug-likeness (QED) is 0.193. The summed E-state index contributed by atoms with van der Waals surface area (Å²) in [7, 11) is 0. The van der Waals surface area contributed by atoms with Gasteiger partial charge in [-0.25, -0.2) is 0 Å². The predicted molar refractivity (Wildman–Crippen MR) is 339 cm³/mol. The van der Waals surface area contributed by atoms with Gasteiger partial charge < -0.3 is 9.80 Å². The molecule has 0 saturated heterocycles. The summed E-state index contributed by atoms with van der Waals surface area (Å²) >= 11 is 0. The normalized spacial score (nSPS) is 33.6. The number of hydrogen-bond acceptors (Lipinski definition) is 4. The van der Waals surface area contributed by atoms with Crippen LogP contribution < -0.4 is 4.90 Å². The highest BCUT2D eigenvalue weighted by atomic mass is 15.2. The van der Waals surface area contributed by atoms with Crippen LogP contribution in [-0.2, 0) is 12.8 Å². The Morgan fingerprint density at radius 3 is 1.99 bits per heavy atom. The van der Waals surface area contributed by atoms with Crippen LogP contribution >= 0.6 is 0 Å². The van der Waals surface area contributed by atoms with E-state index in [1.54, 1.807) is 33.5 Å². The van der Waals surface area contributed by atoms with Crippen LogP contribution in [0.3, 0.4) is 0 Å². The molecule has 0 bridgehead atoms. The predicted octanol–water partition coefficient (Wildman–Crippen LogP) is 18.9. The van der Waals surface area contributed by atoms with Crippen LogP contribution in [0.4, 0.5) is 5.69 Å². The first kappa shape index (κ1) is 56.7. The lowest BCUT2D eigenvalue weighted by Gasteiger charge is -2.51. The van der Waals surface area contributed by atoms with Gasteiger partial charge in [0, 0.05) is 71.1 Å². The molecule has 10 unspecified atom stereocenters. The van der Waals surface area contributed by atoms with Gasteiger partial charge in [-0.3, -0.25) is 9.80 Å². The summed E-state index contributed by atoms with van der Waals surface area (Å²) in [6.45, 7) is 29.6. The average Bonchev–Trinajstić information content (AvgIpc) is 3.59. The molecule has 4 heteroatoms. The van der Waals surface area contributed by atoms with Gasteiger partial charge in [0.05, 0.1) is 0 Å². The fourth-order valence-corrected chi connectivity index (χ4v) is 17.6. The maximum absolute atomic E-state index is 3.11. The van der Waals surface area contributed by atoms with Crippen molar-refractivity contribution in [3.05, 3.63) is 154 Å². The highest BCUT2D eigenvalue weighted by Crippen LogP contribution is 2.55. The molecule has 11 rings (SSSR count). The Morgan fingerprint density at radius 1 is 0.608 bits per heavy atom. The van der Waals surface area contributed by atoms with Gasteiger partial charge in [-0.15, -0.1) is 0 Å². The molecular formula is C75H106N4. The summed E-state index contributed by atoms with van der Waals surface area (Å²) in [6.07, 6.45) is 65.1. The molecule has 0 aromatic heterocycles. The summed E-state index contributed by atoms with van der Waals surface area (Å²) in [5, 5.41) is 0. The van der Waals surface area contributed by atoms with Crippen molar-refractivity contribution < 1.29 is 0 Å². The second-order valence-corrected chi connectivity index (χ2v) is 30.1. The average molecular weight is 1060 g/mol. The van der Waals surface area contributed by atoms with Crippen LogP contribution in [0.25, 0.3) is 5.57 Å². The van der Waals surface area contributed by atoms with E-state index in [4.69, 9.17) is 0 Å². The van der Waals surface area contributed by atoms with E-state index in [0.29, 0.717) is 76.9 Å². The van der Waals surface area contributed by atoms with Crippen LogP contribution in [0.5, 0.6) is 0 Å². The van der Waals surface area contributed by atoms with Crippen molar-refractivity contribution in [2.24, 2.45) is 39.9 Å². The molecule has 426 valence electrons. The molecule has 10 aliphatic carbocycles. The molecule has 1 aromatic carbocycles. The molecule has 79 heavy (non-hydrogen) atoms. The molecule has 1 saturated carbocycles. The largest absolute Gasteiger partial charge is 0.365 e. The van der Waals surface area contributed by atoms with Crippen molar-refractivity contribution in [2.45, 2.75) is 260 Å². The fourth-order valence-electron chi connectivity index (χ4n) is 17.6. The molecule has 4 nitrogen and oxygen atoms in total. The lowest BCUT2D eigenvalue weighted by Crippen LogP contribution is -2.52. The third kappa shape index (κ3) is 12.1. The number of allylic oxidation sites excluding steroid dienone is 12. The topological polar surface area (TPSA) is 13.0 Å². The van der Waals surface area contributed by atoms with Gasteiger partial charge >= 0.3 is 0 Å². The van der Waals surface area contributed by atoms with Crippen molar-refractivity contribution in [1.29, 1.82) is 0 Å². The van der Waals surface area contributed by atoms with Crippen molar-refractivity contribution >= 4 is 11.3 Å². The summed E-state index contributed by atoms with van der Waals surface area (Å²) in [5.74, 6) is 2.57. The summed E-state index contributed by atoms with van der Waals surface area (Å²) in [5.41, 5.74) is 16.2. The number of nitrogens with zero attached hydrogens (tertiary/aromatic N) is 4. The van der Waals surface area contributed by atoms with Crippen molar-refractivity contribution in [3.63, 3.8) is 0 Å². The second kappa shape index (κ2) is 23.3. The third-order valence-corrected chi connectivity index (χ3v) is 21.6. The molecule has 0 N–H and O–H groups in total. The van der Waals surface area contributed by atoms with Crippen molar-refractivity contribution in [3.8, 4) is 0 Å². The Kier molecular flexibility index (Phi) is 16.7. The van der Waals surface area contributed by atoms with Crippen LogP contribution in [-0.4, -0.2) is 63.0 Å². The van der Waals surface area contributed by atoms with E-state index < -0.39 is 0 Å². The van der Waals surface area contributed by atoms with Gasteiger partial charge in [-0.05, 0) is 223 Å². The number of benzene rings is 1. The first-order valence-electron chi connectivity index (χ1n) is 32.6. The Balaban J connectivity index is 0.958. The molecule has 1 aromatic rings. The Labute approximate surface area is 482 Å². The van der Waals surface area contributed by atoms with E-state index in [1.807, 2.05) is 0 Å². The highest BCUT2D eigenvalue weighted by molar-refractivity contribution is 5.85. The first-order valence-corrected chi connectivity index (χ1v) is 32.6. The standard InChI is InChI=1S/C75H106N4/c1-51-45-52(2)48-66(47-51)78(64-37-33-62(34-38-64)76(58-19-15-13-16-20-58)60-29-25-56(26-30-60)73(5,6)7)69-41-23-55-24-42-70(72-71(55)68(69)43-44-75(72,11)12)79(67-49-53(3)46-54(4)50-67)65-39-35-63(36-40-65)77(59-21-17-14-18-22-59)61-31-27-57(28-32-61)74(8,9)10/h13,15-17,19,21,23,25,29,33,35,37-39,41,45-47,52-53,56-63,65,67H,14,18,20,22,24,26-28,30-32,34,36,40,42-44,48-50H2,1-12H3. The summed E-state index contributed by atoms with van der Waals surface area (Å²) in [6, 6.07) is 9.09. The van der Waals surface area contributed by atoms with Crippen molar-refractivity contribution in [1.82, 2.24) is 14.7 Å². The van der Waals surface area contributed by atoms with Crippen LogP contribution in [0.1, 0.15) is 215 Å². The van der Waals surface area contributed by atoms with E-state index in [0.717, 1.165) is 44.4 Å². The Hall–Kier alpha value is -4.12. The SMILES string of the molecule is CC1=CC(C)CC(N(C2=CCC(N(C3C=CC=CC3)C3C=CC(C(C)(C)C)CC3)C=C2)c2ccc3c4c2CCC(C)(C)C4=C(N(C2C=CC(N(C4C=CCCC4)C4CCC(C(C)(C)C)CC4)CC2)C2CC(C)=CC(C)C2)CC3)=C1. The number of aryl methyl sites for hydroxylation is 1. The van der Waals surface area contributed by atoms with E-state index in [-0.39, 0.29) is 5.41 Å². The molecule has 0 aliphatic heterocycles. The molecule has 0 radical (unpaired) electrons. The lowest BCUT2D eigenvalue weighted by molar-refractivity contribution is 0.0464. The zero-order valence-electron chi connectivity index (χ0n) is 51.8. The monoisotopic (exact) mass is 1060 g/mol. The summed E-state index contributed by atoms with van der Waals surface area (Å²) in [4.78, 5) is 11.8. The first-order chi connectivity index (χ1) is 37.8. The zero-order valence-corrected chi connectivity index (χ0v) is 51.8. The minimum Gasteiger partial charge on any atom is -0.365 e. The van der Waals surface area contributed by atoms with E-state index in [1.165, 1.54) is 113 Å². The van der Waals surface area contributed by atoms with Crippen LogP contribution in [0, 0.1) is 39.9 Å². The Morgan fingerprint density at radius 2 is 1.34 bits per heavy atom. The highest BCUT2D eigenvalue weighted by Gasteiger charge is 2.45. The smallest absolute Gasteiger partial charge is 0.0496 e. The fraction of sp³-hybridized carbons (Fsp3) is 0.627. The summed E-state index contributed by atoms with van der Waals surface area (Å²) < 4.78 is 0. The lowest BCUT2D eigenvalue weighted by atomic mass is 9.65.